The van der Waals surface area contributed by atoms with Crippen molar-refractivity contribution in [1.29, 1.82) is 5.26 Å². The molecule has 0 aliphatic rings. The van der Waals surface area contributed by atoms with E-state index >= 15 is 0 Å². The van der Waals surface area contributed by atoms with Crippen LogP contribution in [0.4, 0.5) is 5.69 Å². The van der Waals surface area contributed by atoms with Gasteiger partial charge in [-0.15, -0.1) is 0 Å². The minimum Gasteiger partial charge on any atom is -0.478 e. The van der Waals surface area contributed by atoms with E-state index in [1.807, 2.05) is 6.07 Å². The SMILES string of the molecule is CCC(C)(C#N)C(=O)Nc1ccc(C(=O)O)c(C)c1. The van der Waals surface area contributed by atoms with Gasteiger partial charge in [-0.05, 0) is 44.0 Å². The van der Waals surface area contributed by atoms with E-state index in [2.05, 4.69) is 5.32 Å². The summed E-state index contributed by atoms with van der Waals surface area (Å²) in [7, 11) is 0. The molecule has 0 bridgehead atoms. The minimum absolute atomic E-state index is 0.191. The second-order valence-electron chi connectivity index (χ2n) is 4.59. The van der Waals surface area contributed by atoms with Crippen molar-refractivity contribution in [2.24, 2.45) is 5.41 Å². The normalized spacial score (nSPS) is 13.2. The number of carbonyl (C=O) groups is 2. The number of amides is 1. The molecule has 1 atom stereocenters. The Hall–Kier alpha value is -2.35. The summed E-state index contributed by atoms with van der Waals surface area (Å²) in [5.41, 5.74) is 0.152. The average Bonchev–Trinajstić information content (AvgIpc) is 2.37. The van der Waals surface area contributed by atoms with Gasteiger partial charge in [0.1, 0.15) is 5.41 Å². The number of carboxylic acid groups (broad SMARTS) is 1. The van der Waals surface area contributed by atoms with Crippen LogP contribution in [0.2, 0.25) is 0 Å². The summed E-state index contributed by atoms with van der Waals surface area (Å²) in [6.07, 6.45) is 0.404. The summed E-state index contributed by atoms with van der Waals surface area (Å²) in [5.74, 6) is -1.40. The van der Waals surface area contributed by atoms with Crippen LogP contribution >= 0.6 is 0 Å². The number of nitrogens with zero attached hydrogens (tertiary/aromatic N) is 1. The first kappa shape index (κ1) is 14.7. The molecule has 0 saturated carbocycles. The first-order valence-corrected chi connectivity index (χ1v) is 5.90. The highest BCUT2D eigenvalue weighted by molar-refractivity contribution is 5.97. The molecule has 0 saturated heterocycles. The molecule has 5 nitrogen and oxygen atoms in total. The monoisotopic (exact) mass is 260 g/mol. The number of carbonyl (C=O) groups excluding carboxylic acids is 1. The smallest absolute Gasteiger partial charge is 0.335 e. The predicted molar refractivity (Wildman–Crippen MR) is 70.8 cm³/mol. The van der Waals surface area contributed by atoms with Crippen molar-refractivity contribution in [3.05, 3.63) is 29.3 Å². The van der Waals surface area contributed by atoms with Gasteiger partial charge in [-0.3, -0.25) is 4.79 Å². The molecule has 1 aromatic carbocycles. The van der Waals surface area contributed by atoms with E-state index in [1.165, 1.54) is 12.1 Å². The maximum absolute atomic E-state index is 12.0. The molecule has 5 heteroatoms. The lowest BCUT2D eigenvalue weighted by atomic mass is 9.88. The van der Waals surface area contributed by atoms with Crippen LogP contribution < -0.4 is 5.32 Å². The molecular formula is C14H16N2O3. The number of nitrogens with one attached hydrogen (secondary N) is 1. The summed E-state index contributed by atoms with van der Waals surface area (Å²) >= 11 is 0. The zero-order valence-electron chi connectivity index (χ0n) is 11.2. The zero-order chi connectivity index (χ0) is 14.6. The van der Waals surface area contributed by atoms with Gasteiger partial charge < -0.3 is 10.4 Å². The molecular weight excluding hydrogens is 244 g/mol. The van der Waals surface area contributed by atoms with Gasteiger partial charge in [0.05, 0.1) is 11.6 Å². The lowest BCUT2D eigenvalue weighted by molar-refractivity contribution is -0.122. The van der Waals surface area contributed by atoms with Crippen LogP contribution in [0.5, 0.6) is 0 Å². The third kappa shape index (κ3) is 3.10. The molecule has 0 aromatic heterocycles. The first-order valence-electron chi connectivity index (χ1n) is 5.90. The molecule has 100 valence electrons. The fourth-order valence-corrected chi connectivity index (χ4v) is 1.54. The number of hydrogen-bond donors (Lipinski definition) is 2. The Morgan fingerprint density at radius 2 is 2.11 bits per heavy atom. The summed E-state index contributed by atoms with van der Waals surface area (Å²) in [5, 5.41) is 20.6. The van der Waals surface area contributed by atoms with E-state index in [4.69, 9.17) is 10.4 Å². The van der Waals surface area contributed by atoms with E-state index in [0.717, 1.165) is 0 Å². The quantitative estimate of drug-likeness (QED) is 0.870. The number of hydrogen-bond acceptors (Lipinski definition) is 3. The molecule has 1 amide bonds. The van der Waals surface area contributed by atoms with Crippen LogP contribution in [0.3, 0.4) is 0 Å². The van der Waals surface area contributed by atoms with Crippen molar-refractivity contribution in [2.45, 2.75) is 27.2 Å². The fourth-order valence-electron chi connectivity index (χ4n) is 1.54. The maximum atomic E-state index is 12.0. The average molecular weight is 260 g/mol. The molecule has 1 aromatic rings. The van der Waals surface area contributed by atoms with Crippen molar-refractivity contribution in [3.8, 4) is 6.07 Å². The van der Waals surface area contributed by atoms with E-state index < -0.39 is 11.4 Å². The van der Waals surface area contributed by atoms with Crippen LogP contribution in [-0.4, -0.2) is 17.0 Å². The number of benzene rings is 1. The Morgan fingerprint density at radius 3 is 2.53 bits per heavy atom. The lowest BCUT2D eigenvalue weighted by Gasteiger charge is -2.18. The Balaban J connectivity index is 2.97. The molecule has 0 radical (unpaired) electrons. The number of nitriles is 1. The van der Waals surface area contributed by atoms with Crippen molar-refractivity contribution < 1.29 is 14.7 Å². The van der Waals surface area contributed by atoms with Crippen molar-refractivity contribution in [2.75, 3.05) is 5.32 Å². The van der Waals surface area contributed by atoms with E-state index in [1.54, 1.807) is 26.8 Å². The van der Waals surface area contributed by atoms with Gasteiger partial charge in [-0.2, -0.15) is 5.26 Å². The largest absolute Gasteiger partial charge is 0.478 e. The van der Waals surface area contributed by atoms with Gasteiger partial charge in [0.25, 0.3) is 0 Å². The van der Waals surface area contributed by atoms with Crippen LogP contribution in [0, 0.1) is 23.7 Å². The second kappa shape index (κ2) is 5.53. The summed E-state index contributed by atoms with van der Waals surface area (Å²) in [6.45, 7) is 4.99. The summed E-state index contributed by atoms with van der Waals surface area (Å²) < 4.78 is 0. The van der Waals surface area contributed by atoms with Gasteiger partial charge in [0.15, 0.2) is 0 Å². The van der Waals surface area contributed by atoms with Gasteiger partial charge in [-0.25, -0.2) is 4.79 Å². The van der Waals surface area contributed by atoms with Gasteiger partial charge in [0, 0.05) is 5.69 Å². The Kier molecular flexibility index (Phi) is 4.28. The Morgan fingerprint density at radius 1 is 1.47 bits per heavy atom. The molecule has 1 unspecified atom stereocenters. The maximum Gasteiger partial charge on any atom is 0.335 e. The number of anilines is 1. The third-order valence-electron chi connectivity index (χ3n) is 3.17. The number of aromatic carboxylic acids is 1. The fraction of sp³-hybridized carbons (Fsp3) is 0.357. The molecule has 2 N–H and O–H groups in total. The molecule has 0 aliphatic carbocycles. The summed E-state index contributed by atoms with van der Waals surface area (Å²) in [6, 6.07) is 6.51. The molecule has 0 heterocycles. The number of aryl methyl sites for hydroxylation is 1. The van der Waals surface area contributed by atoms with Crippen molar-refractivity contribution in [3.63, 3.8) is 0 Å². The number of rotatable bonds is 4. The van der Waals surface area contributed by atoms with Crippen molar-refractivity contribution in [1.82, 2.24) is 0 Å². The van der Waals surface area contributed by atoms with Gasteiger partial charge in [0.2, 0.25) is 5.91 Å². The van der Waals surface area contributed by atoms with Crippen LogP contribution in [0.1, 0.15) is 36.2 Å². The third-order valence-corrected chi connectivity index (χ3v) is 3.17. The Labute approximate surface area is 111 Å². The topological polar surface area (TPSA) is 90.2 Å². The van der Waals surface area contributed by atoms with E-state index in [-0.39, 0.29) is 11.5 Å². The predicted octanol–water partition coefficient (Wildman–Crippen LogP) is 2.57. The molecule has 0 aliphatic heterocycles. The highest BCUT2D eigenvalue weighted by Gasteiger charge is 2.31. The second-order valence-corrected chi connectivity index (χ2v) is 4.59. The summed E-state index contributed by atoms with van der Waals surface area (Å²) in [4.78, 5) is 22.9. The van der Waals surface area contributed by atoms with Crippen LogP contribution in [0.25, 0.3) is 0 Å². The van der Waals surface area contributed by atoms with Gasteiger partial charge in [-0.1, -0.05) is 6.92 Å². The molecule has 1 rings (SSSR count). The lowest BCUT2D eigenvalue weighted by Crippen LogP contribution is -2.31. The molecule has 19 heavy (non-hydrogen) atoms. The number of carboxylic acids is 1. The molecule has 0 fully saturated rings. The van der Waals surface area contributed by atoms with Crippen molar-refractivity contribution >= 4 is 17.6 Å². The van der Waals surface area contributed by atoms with E-state index in [0.29, 0.717) is 17.7 Å². The highest BCUT2D eigenvalue weighted by atomic mass is 16.4. The Bertz CT molecular complexity index is 560. The molecule has 0 spiro atoms. The first-order chi connectivity index (χ1) is 8.84. The highest BCUT2D eigenvalue weighted by Crippen LogP contribution is 2.23. The van der Waals surface area contributed by atoms with E-state index in [9.17, 15) is 9.59 Å². The van der Waals surface area contributed by atoms with Gasteiger partial charge >= 0.3 is 5.97 Å². The standard InChI is InChI=1S/C14H16N2O3/c1-4-14(3,8-15)13(19)16-10-5-6-11(12(17)18)9(2)7-10/h5-7H,4H2,1-3H3,(H,16,19)(H,17,18). The minimum atomic E-state index is -1.08. The van der Waals surface area contributed by atoms with Crippen LogP contribution in [0.15, 0.2) is 18.2 Å². The zero-order valence-corrected chi connectivity index (χ0v) is 11.2. The van der Waals surface area contributed by atoms with Crippen LogP contribution in [-0.2, 0) is 4.79 Å².